The molecule has 0 radical (unpaired) electrons. The van der Waals surface area contributed by atoms with Gasteiger partial charge in [-0.05, 0) is 26.7 Å². The third kappa shape index (κ3) is 2.64. The van der Waals surface area contributed by atoms with Crippen LogP contribution in [0.4, 0.5) is 0 Å². The monoisotopic (exact) mass is 234 g/mol. The highest BCUT2D eigenvalue weighted by atomic mass is 16.5. The van der Waals surface area contributed by atoms with Crippen molar-refractivity contribution in [2.24, 2.45) is 0 Å². The Hall–Kier alpha value is -1.42. The van der Waals surface area contributed by atoms with Crippen LogP contribution in [-0.4, -0.2) is 23.2 Å². The van der Waals surface area contributed by atoms with Gasteiger partial charge in [-0.15, -0.1) is 0 Å². The molecule has 17 heavy (non-hydrogen) atoms. The van der Waals surface area contributed by atoms with Gasteiger partial charge in [-0.3, -0.25) is 0 Å². The van der Waals surface area contributed by atoms with Crippen molar-refractivity contribution in [2.75, 3.05) is 7.11 Å². The van der Waals surface area contributed by atoms with Crippen LogP contribution in [0.15, 0.2) is 18.3 Å². The third-order valence-electron chi connectivity index (χ3n) is 2.98. The molecule has 0 bridgehead atoms. The van der Waals surface area contributed by atoms with Gasteiger partial charge in [0.05, 0.1) is 25.0 Å². The first-order chi connectivity index (χ1) is 8.24. The van der Waals surface area contributed by atoms with E-state index in [1.807, 2.05) is 26.1 Å². The topological polar surface area (TPSA) is 44.2 Å². The Morgan fingerprint density at radius 2 is 2.29 bits per heavy atom. The standard InChI is InChI=1S/C13H18N2O2/c1-4-5-10-6-7-12(17-10)11-8-14-13(16-3)15-9(11)2/h4-5,8,10,12H,6-7H2,1-3H3/b5-4-. The molecule has 0 N–H and O–H groups in total. The first kappa shape index (κ1) is 12.0. The molecule has 0 aliphatic carbocycles. The van der Waals surface area contributed by atoms with Gasteiger partial charge in [-0.1, -0.05) is 12.2 Å². The van der Waals surface area contributed by atoms with Gasteiger partial charge in [0.25, 0.3) is 0 Å². The second kappa shape index (κ2) is 5.27. The number of aromatic nitrogens is 2. The normalized spacial score (nSPS) is 24.4. The van der Waals surface area contributed by atoms with Crippen molar-refractivity contribution in [1.82, 2.24) is 9.97 Å². The van der Waals surface area contributed by atoms with E-state index in [-0.39, 0.29) is 12.2 Å². The first-order valence-electron chi connectivity index (χ1n) is 5.90. The molecule has 1 aliphatic rings. The summed E-state index contributed by atoms with van der Waals surface area (Å²) in [4.78, 5) is 8.42. The molecule has 1 fully saturated rings. The van der Waals surface area contributed by atoms with Gasteiger partial charge in [0.2, 0.25) is 0 Å². The minimum absolute atomic E-state index is 0.113. The lowest BCUT2D eigenvalue weighted by molar-refractivity contribution is 0.0700. The first-order valence-corrected chi connectivity index (χ1v) is 5.90. The number of hydrogen-bond acceptors (Lipinski definition) is 4. The molecule has 0 spiro atoms. The van der Waals surface area contributed by atoms with Crippen molar-refractivity contribution >= 4 is 0 Å². The predicted molar refractivity (Wildman–Crippen MR) is 65.0 cm³/mol. The summed E-state index contributed by atoms with van der Waals surface area (Å²) in [5, 5.41) is 0. The quantitative estimate of drug-likeness (QED) is 0.754. The molecule has 0 aromatic carbocycles. The zero-order chi connectivity index (χ0) is 12.3. The van der Waals surface area contributed by atoms with E-state index < -0.39 is 0 Å². The van der Waals surface area contributed by atoms with E-state index in [0.29, 0.717) is 6.01 Å². The fourth-order valence-electron chi connectivity index (χ4n) is 2.12. The van der Waals surface area contributed by atoms with Crippen LogP contribution in [-0.2, 0) is 4.74 Å². The molecule has 1 aromatic heterocycles. The molecular weight excluding hydrogens is 216 g/mol. The highest BCUT2D eigenvalue weighted by Gasteiger charge is 2.26. The molecule has 92 valence electrons. The average Bonchev–Trinajstić information content (AvgIpc) is 2.78. The van der Waals surface area contributed by atoms with E-state index in [9.17, 15) is 0 Å². The van der Waals surface area contributed by atoms with Crippen molar-refractivity contribution < 1.29 is 9.47 Å². The van der Waals surface area contributed by atoms with E-state index in [2.05, 4.69) is 16.0 Å². The molecule has 2 heterocycles. The number of aryl methyl sites for hydroxylation is 1. The van der Waals surface area contributed by atoms with Crippen LogP contribution >= 0.6 is 0 Å². The molecular formula is C13H18N2O2. The van der Waals surface area contributed by atoms with E-state index in [0.717, 1.165) is 24.1 Å². The Bertz CT molecular complexity index is 418. The van der Waals surface area contributed by atoms with Gasteiger partial charge in [0.15, 0.2) is 0 Å². The Balaban J connectivity index is 2.13. The van der Waals surface area contributed by atoms with Crippen LogP contribution in [0, 0.1) is 6.92 Å². The van der Waals surface area contributed by atoms with Gasteiger partial charge in [0, 0.05) is 11.8 Å². The second-order valence-electron chi connectivity index (χ2n) is 4.16. The zero-order valence-corrected chi connectivity index (χ0v) is 10.5. The number of hydrogen-bond donors (Lipinski definition) is 0. The van der Waals surface area contributed by atoms with Crippen molar-refractivity contribution in [1.29, 1.82) is 0 Å². The minimum atomic E-state index is 0.113. The van der Waals surface area contributed by atoms with Crippen molar-refractivity contribution in [3.63, 3.8) is 0 Å². The number of ether oxygens (including phenoxy) is 2. The van der Waals surface area contributed by atoms with Crippen LogP contribution in [0.5, 0.6) is 6.01 Å². The number of allylic oxidation sites excluding steroid dienone is 1. The number of methoxy groups -OCH3 is 1. The Morgan fingerprint density at radius 3 is 2.94 bits per heavy atom. The summed E-state index contributed by atoms with van der Waals surface area (Å²) in [5.74, 6) is 0. The Labute approximate surface area is 102 Å². The second-order valence-corrected chi connectivity index (χ2v) is 4.16. The molecule has 1 aromatic rings. The highest BCUT2D eigenvalue weighted by Crippen LogP contribution is 2.34. The fraction of sp³-hybridized carbons (Fsp3) is 0.538. The maximum Gasteiger partial charge on any atom is 0.316 e. The van der Waals surface area contributed by atoms with Crippen LogP contribution in [0.25, 0.3) is 0 Å². The maximum atomic E-state index is 5.93. The van der Waals surface area contributed by atoms with Crippen LogP contribution in [0.2, 0.25) is 0 Å². The molecule has 4 nitrogen and oxygen atoms in total. The highest BCUT2D eigenvalue weighted by molar-refractivity contribution is 5.21. The van der Waals surface area contributed by atoms with Crippen molar-refractivity contribution in [3.05, 3.63) is 29.6 Å². The summed E-state index contributed by atoms with van der Waals surface area (Å²) < 4.78 is 10.9. The van der Waals surface area contributed by atoms with Crippen molar-refractivity contribution in [2.45, 2.75) is 38.9 Å². The largest absolute Gasteiger partial charge is 0.467 e. The molecule has 2 atom stereocenters. The van der Waals surface area contributed by atoms with Gasteiger partial charge >= 0.3 is 6.01 Å². The average molecular weight is 234 g/mol. The minimum Gasteiger partial charge on any atom is -0.467 e. The zero-order valence-electron chi connectivity index (χ0n) is 10.5. The third-order valence-corrected chi connectivity index (χ3v) is 2.98. The lowest BCUT2D eigenvalue weighted by Gasteiger charge is -2.13. The molecule has 1 aliphatic heterocycles. The molecule has 2 unspecified atom stereocenters. The molecule has 4 heteroatoms. The molecule has 0 amide bonds. The van der Waals surface area contributed by atoms with Gasteiger partial charge in [-0.2, -0.15) is 0 Å². The van der Waals surface area contributed by atoms with Gasteiger partial charge in [0.1, 0.15) is 0 Å². The van der Waals surface area contributed by atoms with Gasteiger partial charge < -0.3 is 9.47 Å². The van der Waals surface area contributed by atoms with Crippen LogP contribution in [0.1, 0.15) is 37.1 Å². The maximum absolute atomic E-state index is 5.93. The van der Waals surface area contributed by atoms with Crippen molar-refractivity contribution in [3.8, 4) is 6.01 Å². The van der Waals surface area contributed by atoms with Gasteiger partial charge in [-0.25, -0.2) is 9.97 Å². The smallest absolute Gasteiger partial charge is 0.316 e. The predicted octanol–water partition coefficient (Wildman–Crippen LogP) is 2.59. The summed E-state index contributed by atoms with van der Waals surface area (Å²) in [6.07, 6.45) is 8.36. The van der Waals surface area contributed by atoms with Crippen LogP contribution < -0.4 is 4.74 Å². The molecule has 1 saturated heterocycles. The summed E-state index contributed by atoms with van der Waals surface area (Å²) in [6, 6.07) is 0.411. The summed E-state index contributed by atoms with van der Waals surface area (Å²) in [7, 11) is 1.57. The summed E-state index contributed by atoms with van der Waals surface area (Å²) in [5.41, 5.74) is 2.00. The SMILES string of the molecule is C/C=C\C1CCC(c2cnc(OC)nc2C)O1. The summed E-state index contributed by atoms with van der Waals surface area (Å²) >= 11 is 0. The number of rotatable bonds is 3. The lowest BCUT2D eigenvalue weighted by Crippen LogP contribution is -2.06. The Kier molecular flexibility index (Phi) is 3.74. The van der Waals surface area contributed by atoms with E-state index >= 15 is 0 Å². The van der Waals surface area contributed by atoms with Crippen LogP contribution in [0.3, 0.4) is 0 Å². The van der Waals surface area contributed by atoms with E-state index in [1.165, 1.54) is 0 Å². The number of nitrogens with zero attached hydrogens (tertiary/aromatic N) is 2. The molecule has 2 rings (SSSR count). The van der Waals surface area contributed by atoms with E-state index in [1.54, 1.807) is 7.11 Å². The summed E-state index contributed by atoms with van der Waals surface area (Å²) in [6.45, 7) is 3.98. The van der Waals surface area contributed by atoms with E-state index in [4.69, 9.17) is 9.47 Å². The fourth-order valence-corrected chi connectivity index (χ4v) is 2.12. The molecule has 0 saturated carbocycles. The lowest BCUT2D eigenvalue weighted by atomic mass is 10.1. The Morgan fingerprint density at radius 1 is 1.47 bits per heavy atom.